The third kappa shape index (κ3) is 3.65. The first-order chi connectivity index (χ1) is 10.1. The second-order valence-electron chi connectivity index (χ2n) is 4.08. The third-order valence-corrected chi connectivity index (χ3v) is 2.65. The first-order valence-electron chi connectivity index (χ1n) is 6.07. The molecule has 0 unspecified atom stereocenters. The SMILES string of the molecule is O=C(Nc1ccccc1F)c1ccc(F)cc1C#CCO. The molecule has 0 heterocycles. The molecular formula is C16H11F2NO2. The van der Waals surface area contributed by atoms with Crippen molar-refractivity contribution in [1.82, 2.24) is 0 Å². The Kier molecular flexibility index (Phi) is 4.64. The summed E-state index contributed by atoms with van der Waals surface area (Å²) in [4.78, 5) is 12.1. The van der Waals surface area contributed by atoms with E-state index in [4.69, 9.17) is 5.11 Å². The maximum atomic E-state index is 13.5. The number of rotatable bonds is 2. The molecule has 0 atom stereocenters. The maximum absolute atomic E-state index is 13.5. The Morgan fingerprint density at radius 1 is 1.19 bits per heavy atom. The number of hydrogen-bond acceptors (Lipinski definition) is 2. The van der Waals surface area contributed by atoms with Gasteiger partial charge in [0.25, 0.3) is 5.91 Å². The Bertz CT molecular complexity index is 733. The van der Waals surface area contributed by atoms with Crippen LogP contribution in [0.3, 0.4) is 0 Å². The smallest absolute Gasteiger partial charge is 0.257 e. The zero-order chi connectivity index (χ0) is 15.2. The zero-order valence-electron chi connectivity index (χ0n) is 10.9. The van der Waals surface area contributed by atoms with Gasteiger partial charge in [-0.2, -0.15) is 0 Å². The molecule has 0 bridgehead atoms. The summed E-state index contributed by atoms with van der Waals surface area (Å²) in [5, 5.41) is 11.1. The van der Waals surface area contributed by atoms with Crippen LogP contribution in [0.2, 0.25) is 0 Å². The molecule has 2 rings (SSSR count). The van der Waals surface area contributed by atoms with Crippen LogP contribution >= 0.6 is 0 Å². The second kappa shape index (κ2) is 6.64. The second-order valence-corrected chi connectivity index (χ2v) is 4.08. The Morgan fingerprint density at radius 2 is 1.95 bits per heavy atom. The van der Waals surface area contributed by atoms with Crippen molar-refractivity contribution in [2.75, 3.05) is 11.9 Å². The first kappa shape index (κ1) is 14.7. The molecule has 3 nitrogen and oxygen atoms in total. The molecule has 0 fully saturated rings. The maximum Gasteiger partial charge on any atom is 0.257 e. The topological polar surface area (TPSA) is 49.3 Å². The van der Waals surface area contributed by atoms with Gasteiger partial charge in [-0.25, -0.2) is 8.78 Å². The number of anilines is 1. The number of nitrogens with one attached hydrogen (secondary N) is 1. The molecule has 0 radical (unpaired) electrons. The molecule has 0 aliphatic heterocycles. The number of carbonyl (C=O) groups is 1. The van der Waals surface area contributed by atoms with Gasteiger partial charge >= 0.3 is 0 Å². The molecule has 0 aliphatic carbocycles. The van der Waals surface area contributed by atoms with E-state index >= 15 is 0 Å². The Balaban J connectivity index is 2.33. The lowest BCUT2D eigenvalue weighted by atomic mass is 10.1. The molecule has 106 valence electrons. The highest BCUT2D eigenvalue weighted by Gasteiger charge is 2.13. The highest BCUT2D eigenvalue weighted by atomic mass is 19.1. The number of hydrogen-bond donors (Lipinski definition) is 2. The summed E-state index contributed by atoms with van der Waals surface area (Å²) >= 11 is 0. The standard InChI is InChI=1S/C16H11F2NO2/c17-12-7-8-13(11(10-12)4-3-9-20)16(21)19-15-6-2-1-5-14(15)18/h1-2,5-8,10,20H,9H2,(H,19,21). The molecule has 0 saturated carbocycles. The van der Waals surface area contributed by atoms with E-state index in [-0.39, 0.29) is 16.8 Å². The van der Waals surface area contributed by atoms with Crippen LogP contribution in [0.1, 0.15) is 15.9 Å². The third-order valence-electron chi connectivity index (χ3n) is 2.65. The van der Waals surface area contributed by atoms with E-state index in [0.717, 1.165) is 12.1 Å². The van der Waals surface area contributed by atoms with Crippen molar-refractivity contribution in [3.8, 4) is 11.8 Å². The molecule has 0 aliphatic rings. The van der Waals surface area contributed by atoms with Gasteiger partial charge in [-0.15, -0.1) is 0 Å². The van der Waals surface area contributed by atoms with Gasteiger partial charge in [0.15, 0.2) is 0 Å². The summed E-state index contributed by atoms with van der Waals surface area (Å²) in [5.74, 6) is 3.10. The lowest BCUT2D eigenvalue weighted by molar-refractivity contribution is 0.102. The van der Waals surface area contributed by atoms with Crippen molar-refractivity contribution >= 4 is 11.6 Å². The highest BCUT2D eigenvalue weighted by Crippen LogP contribution is 2.16. The highest BCUT2D eigenvalue weighted by molar-refractivity contribution is 6.06. The van der Waals surface area contributed by atoms with Crippen molar-refractivity contribution in [1.29, 1.82) is 0 Å². The largest absolute Gasteiger partial charge is 0.384 e. The van der Waals surface area contributed by atoms with Crippen molar-refractivity contribution in [3.05, 3.63) is 65.2 Å². The monoisotopic (exact) mass is 287 g/mol. The fourth-order valence-electron chi connectivity index (χ4n) is 1.70. The summed E-state index contributed by atoms with van der Waals surface area (Å²) < 4.78 is 26.7. The van der Waals surface area contributed by atoms with E-state index in [1.807, 2.05) is 0 Å². The van der Waals surface area contributed by atoms with Crippen LogP contribution in [0.4, 0.5) is 14.5 Å². The zero-order valence-corrected chi connectivity index (χ0v) is 10.9. The van der Waals surface area contributed by atoms with Gasteiger partial charge in [0, 0.05) is 5.56 Å². The van der Waals surface area contributed by atoms with Gasteiger partial charge in [0.2, 0.25) is 0 Å². The van der Waals surface area contributed by atoms with Crippen molar-refractivity contribution < 1.29 is 18.7 Å². The minimum atomic E-state index is -0.609. The lowest BCUT2D eigenvalue weighted by Crippen LogP contribution is -2.14. The number of carbonyl (C=O) groups excluding carboxylic acids is 1. The molecule has 0 spiro atoms. The van der Waals surface area contributed by atoms with E-state index in [2.05, 4.69) is 17.2 Å². The average molecular weight is 287 g/mol. The van der Waals surface area contributed by atoms with Crippen LogP contribution in [0.15, 0.2) is 42.5 Å². The van der Waals surface area contributed by atoms with E-state index in [1.54, 1.807) is 6.07 Å². The first-order valence-corrected chi connectivity index (χ1v) is 6.07. The Labute approximate surface area is 120 Å². The van der Waals surface area contributed by atoms with Gasteiger partial charge < -0.3 is 10.4 Å². The molecule has 0 saturated heterocycles. The predicted octanol–water partition coefficient (Wildman–Crippen LogP) is 2.56. The van der Waals surface area contributed by atoms with Crippen molar-refractivity contribution in [2.24, 2.45) is 0 Å². The van der Waals surface area contributed by atoms with Gasteiger partial charge in [-0.1, -0.05) is 24.0 Å². The van der Waals surface area contributed by atoms with Crippen LogP contribution in [0, 0.1) is 23.5 Å². The van der Waals surface area contributed by atoms with Crippen LogP contribution < -0.4 is 5.32 Å². The summed E-state index contributed by atoms with van der Waals surface area (Å²) in [5.41, 5.74) is 0.242. The predicted molar refractivity (Wildman–Crippen MR) is 74.7 cm³/mol. The van der Waals surface area contributed by atoms with E-state index in [1.165, 1.54) is 24.3 Å². The fourth-order valence-corrected chi connectivity index (χ4v) is 1.70. The van der Waals surface area contributed by atoms with Crippen LogP contribution in [0.5, 0.6) is 0 Å². The molecule has 2 aromatic carbocycles. The summed E-state index contributed by atoms with van der Waals surface area (Å²) in [7, 11) is 0. The molecule has 2 aromatic rings. The summed E-state index contributed by atoms with van der Waals surface area (Å²) in [6.07, 6.45) is 0. The number of para-hydroxylation sites is 1. The van der Waals surface area contributed by atoms with Crippen LogP contribution in [-0.2, 0) is 0 Å². The summed E-state index contributed by atoms with van der Waals surface area (Å²) in [6.45, 7) is -0.412. The van der Waals surface area contributed by atoms with E-state index in [0.29, 0.717) is 0 Å². The van der Waals surface area contributed by atoms with Gasteiger partial charge in [-0.05, 0) is 30.3 Å². The number of aliphatic hydroxyl groups is 1. The molecule has 5 heteroatoms. The van der Waals surface area contributed by atoms with Crippen molar-refractivity contribution in [3.63, 3.8) is 0 Å². The summed E-state index contributed by atoms with van der Waals surface area (Å²) in [6, 6.07) is 9.16. The lowest BCUT2D eigenvalue weighted by Gasteiger charge is -2.08. The van der Waals surface area contributed by atoms with E-state index in [9.17, 15) is 13.6 Å². The molecule has 21 heavy (non-hydrogen) atoms. The molecule has 1 amide bonds. The Hall–Kier alpha value is -2.71. The van der Waals surface area contributed by atoms with Gasteiger partial charge in [0.05, 0.1) is 11.3 Å². The normalized spacial score (nSPS) is 9.67. The fraction of sp³-hybridized carbons (Fsp3) is 0.0625. The van der Waals surface area contributed by atoms with Crippen LogP contribution in [-0.4, -0.2) is 17.6 Å². The number of benzene rings is 2. The van der Waals surface area contributed by atoms with Gasteiger partial charge in [-0.3, -0.25) is 4.79 Å². The Morgan fingerprint density at radius 3 is 2.67 bits per heavy atom. The average Bonchev–Trinajstić information content (AvgIpc) is 2.47. The quantitative estimate of drug-likeness (QED) is 0.834. The van der Waals surface area contributed by atoms with Crippen LogP contribution in [0.25, 0.3) is 0 Å². The molecular weight excluding hydrogens is 276 g/mol. The van der Waals surface area contributed by atoms with Gasteiger partial charge in [0.1, 0.15) is 18.2 Å². The van der Waals surface area contributed by atoms with E-state index < -0.39 is 24.1 Å². The minimum Gasteiger partial charge on any atom is -0.384 e. The number of amides is 1. The molecule has 2 N–H and O–H groups in total. The molecule has 0 aromatic heterocycles. The van der Waals surface area contributed by atoms with Crippen molar-refractivity contribution in [2.45, 2.75) is 0 Å². The number of aliphatic hydroxyl groups excluding tert-OH is 1. The number of halogens is 2. The minimum absolute atomic E-state index is 0.0212.